The van der Waals surface area contributed by atoms with Crippen molar-refractivity contribution in [3.05, 3.63) is 204 Å². The Balaban J connectivity index is 1.22. The predicted molar refractivity (Wildman–Crippen MR) is 228 cm³/mol. The van der Waals surface area contributed by atoms with Crippen LogP contribution < -0.4 is 10.4 Å². The van der Waals surface area contributed by atoms with Crippen molar-refractivity contribution in [1.82, 2.24) is 0 Å². The maximum absolute atomic E-state index is 15.2. The molecule has 0 N–H and O–H groups in total. The number of rotatable bonds is 6. The minimum atomic E-state index is 0.00208. The number of carbonyl (C=O) groups is 1. The van der Waals surface area contributed by atoms with Crippen molar-refractivity contribution in [2.75, 3.05) is 0 Å². The minimum absolute atomic E-state index is 0.00208. The molecule has 254 valence electrons. The summed E-state index contributed by atoms with van der Waals surface area (Å²) in [5.41, 5.74) is 9.95. The van der Waals surface area contributed by atoms with E-state index in [0.717, 1.165) is 68.1 Å². The highest BCUT2D eigenvalue weighted by molar-refractivity contribution is 6.13. The van der Waals surface area contributed by atoms with Crippen molar-refractivity contribution < 1.29 is 4.79 Å². The van der Waals surface area contributed by atoms with E-state index in [-0.39, 0.29) is 5.78 Å². The van der Waals surface area contributed by atoms with Gasteiger partial charge < -0.3 is 0 Å². The van der Waals surface area contributed by atoms with Gasteiger partial charge in [0.15, 0.2) is 5.78 Å². The first-order chi connectivity index (χ1) is 26.7. The van der Waals surface area contributed by atoms with Gasteiger partial charge in [-0.05, 0) is 137 Å². The van der Waals surface area contributed by atoms with Crippen molar-refractivity contribution in [3.8, 4) is 44.5 Å². The number of hydrogen-bond donors (Lipinski definition) is 0. The average molecular weight is 689 g/mol. The molecule has 0 atom stereocenters. The SMILES string of the molecule is O=C(c1cc(-c2cccc3c2=CCCC=3)cc(-c2cccc3ccccc23)c1)c1cc(-c2cccc3ccccc23)cc(-c2cccc3ccccc23)c1. The summed E-state index contributed by atoms with van der Waals surface area (Å²) < 4.78 is 0. The van der Waals surface area contributed by atoms with Crippen LogP contribution >= 0.6 is 0 Å². The Morgan fingerprint density at radius 1 is 0.352 bits per heavy atom. The fraction of sp³-hybridized carbons (Fsp3) is 0.0377. The molecule has 1 aliphatic carbocycles. The first-order valence-electron chi connectivity index (χ1n) is 18.8. The predicted octanol–water partition coefficient (Wildman–Crippen LogP) is 12.4. The van der Waals surface area contributed by atoms with Gasteiger partial charge in [-0.3, -0.25) is 4.79 Å². The van der Waals surface area contributed by atoms with Gasteiger partial charge in [-0.25, -0.2) is 0 Å². The van der Waals surface area contributed by atoms with Crippen LogP contribution in [0.4, 0.5) is 0 Å². The first-order valence-corrected chi connectivity index (χ1v) is 18.8. The smallest absolute Gasteiger partial charge is 0.193 e. The molecule has 1 heteroatoms. The monoisotopic (exact) mass is 688 g/mol. The van der Waals surface area contributed by atoms with Crippen LogP contribution in [-0.2, 0) is 0 Å². The van der Waals surface area contributed by atoms with Gasteiger partial charge in [-0.1, -0.05) is 158 Å². The van der Waals surface area contributed by atoms with Gasteiger partial charge in [0.05, 0.1) is 0 Å². The summed E-state index contributed by atoms with van der Waals surface area (Å²) in [5.74, 6) is 0.00208. The van der Waals surface area contributed by atoms with E-state index in [2.05, 4.69) is 194 Å². The van der Waals surface area contributed by atoms with E-state index in [1.54, 1.807) is 0 Å². The van der Waals surface area contributed by atoms with Crippen molar-refractivity contribution in [3.63, 3.8) is 0 Å². The lowest BCUT2D eigenvalue weighted by molar-refractivity contribution is 0.103. The summed E-state index contributed by atoms with van der Waals surface area (Å²) in [4.78, 5) is 15.2. The molecule has 0 saturated carbocycles. The molecular weight excluding hydrogens is 653 g/mol. The summed E-state index contributed by atoms with van der Waals surface area (Å²) in [7, 11) is 0. The molecule has 0 radical (unpaired) electrons. The Bertz CT molecular complexity index is 2960. The molecule has 0 spiro atoms. The molecule has 0 bridgehead atoms. The molecule has 1 aliphatic rings. The fourth-order valence-electron chi connectivity index (χ4n) is 8.44. The number of carbonyl (C=O) groups excluding carboxylic acids is 1. The topological polar surface area (TPSA) is 17.1 Å². The van der Waals surface area contributed by atoms with Crippen LogP contribution in [0.1, 0.15) is 28.8 Å². The van der Waals surface area contributed by atoms with Crippen LogP contribution in [0.15, 0.2) is 182 Å². The molecule has 9 aromatic rings. The summed E-state index contributed by atoms with van der Waals surface area (Å²) in [6, 6.07) is 64.2. The molecule has 0 aromatic heterocycles. The highest BCUT2D eigenvalue weighted by Gasteiger charge is 2.19. The minimum Gasteiger partial charge on any atom is -0.289 e. The largest absolute Gasteiger partial charge is 0.289 e. The van der Waals surface area contributed by atoms with Crippen molar-refractivity contribution >= 4 is 50.3 Å². The molecule has 1 nitrogen and oxygen atoms in total. The van der Waals surface area contributed by atoms with Gasteiger partial charge >= 0.3 is 0 Å². The van der Waals surface area contributed by atoms with Crippen LogP contribution in [0, 0.1) is 0 Å². The zero-order valence-electron chi connectivity index (χ0n) is 29.8. The molecule has 0 heterocycles. The summed E-state index contributed by atoms with van der Waals surface area (Å²) in [6.07, 6.45) is 6.73. The van der Waals surface area contributed by atoms with Gasteiger partial charge in [-0.2, -0.15) is 0 Å². The van der Waals surface area contributed by atoms with E-state index in [4.69, 9.17) is 0 Å². The molecule has 10 rings (SSSR count). The summed E-state index contributed by atoms with van der Waals surface area (Å²) in [5, 5.41) is 9.51. The van der Waals surface area contributed by atoms with Gasteiger partial charge in [0.1, 0.15) is 0 Å². The molecule has 54 heavy (non-hydrogen) atoms. The van der Waals surface area contributed by atoms with Crippen LogP contribution in [-0.4, -0.2) is 5.78 Å². The second-order valence-electron chi connectivity index (χ2n) is 14.3. The number of fused-ring (bicyclic) bond motifs is 4. The van der Waals surface area contributed by atoms with E-state index in [9.17, 15) is 0 Å². The summed E-state index contributed by atoms with van der Waals surface area (Å²) >= 11 is 0. The van der Waals surface area contributed by atoms with E-state index in [0.29, 0.717) is 11.1 Å². The molecule has 9 aromatic carbocycles. The average Bonchev–Trinajstić information content (AvgIpc) is 3.25. The lowest BCUT2D eigenvalue weighted by atomic mass is 9.87. The Morgan fingerprint density at radius 2 is 0.722 bits per heavy atom. The van der Waals surface area contributed by atoms with Crippen LogP contribution in [0.2, 0.25) is 0 Å². The fourth-order valence-corrected chi connectivity index (χ4v) is 8.44. The lowest BCUT2D eigenvalue weighted by Crippen LogP contribution is -2.28. The first kappa shape index (κ1) is 31.9. The van der Waals surface area contributed by atoms with E-state index in [1.165, 1.54) is 32.0 Å². The third kappa shape index (κ3) is 5.62. The zero-order valence-corrected chi connectivity index (χ0v) is 29.8. The second-order valence-corrected chi connectivity index (χ2v) is 14.3. The maximum Gasteiger partial charge on any atom is 0.193 e. The quantitative estimate of drug-likeness (QED) is 0.159. The number of benzene rings is 9. The Hall–Kier alpha value is -6.83. The van der Waals surface area contributed by atoms with Gasteiger partial charge in [0.2, 0.25) is 0 Å². The highest BCUT2D eigenvalue weighted by Crippen LogP contribution is 2.38. The van der Waals surface area contributed by atoms with Crippen LogP contribution in [0.5, 0.6) is 0 Å². The molecule has 0 amide bonds. The van der Waals surface area contributed by atoms with E-state index < -0.39 is 0 Å². The summed E-state index contributed by atoms with van der Waals surface area (Å²) in [6.45, 7) is 0. The third-order valence-corrected chi connectivity index (χ3v) is 11.0. The molecule has 0 fully saturated rings. The molecular formula is C53H36O. The van der Waals surface area contributed by atoms with Crippen molar-refractivity contribution in [2.24, 2.45) is 0 Å². The Morgan fingerprint density at radius 3 is 1.20 bits per heavy atom. The highest BCUT2D eigenvalue weighted by atomic mass is 16.1. The van der Waals surface area contributed by atoms with Gasteiger partial charge in [-0.15, -0.1) is 0 Å². The third-order valence-electron chi connectivity index (χ3n) is 11.0. The van der Waals surface area contributed by atoms with Gasteiger partial charge in [0, 0.05) is 11.1 Å². The standard InChI is InChI=1S/C53H36O/c54-53(43-31-39(49-25-9-17-35-13-1-5-21-45(35)49)29-40(32-43)50-26-10-18-36-14-2-6-22-46(36)50)44-33-41(51-27-11-19-37-15-3-7-23-47(37)51)30-42(34-44)52-28-12-20-38-16-4-8-24-48(38)52/h1-3,5-7,9-34H,4,8H2. The maximum atomic E-state index is 15.2. The molecule has 0 aliphatic heterocycles. The Kier molecular flexibility index (Phi) is 7.85. The zero-order chi connectivity index (χ0) is 36.0. The normalized spacial score (nSPS) is 12.3. The second kappa shape index (κ2) is 13.3. The van der Waals surface area contributed by atoms with E-state index in [1.807, 2.05) is 0 Å². The van der Waals surface area contributed by atoms with E-state index >= 15 is 4.79 Å². The van der Waals surface area contributed by atoms with Crippen LogP contribution in [0.3, 0.4) is 0 Å². The molecule has 0 saturated heterocycles. The lowest BCUT2D eigenvalue weighted by Gasteiger charge is -2.16. The van der Waals surface area contributed by atoms with Crippen molar-refractivity contribution in [1.29, 1.82) is 0 Å². The van der Waals surface area contributed by atoms with Crippen molar-refractivity contribution in [2.45, 2.75) is 12.8 Å². The Labute approximate surface area is 314 Å². The van der Waals surface area contributed by atoms with Gasteiger partial charge in [0.25, 0.3) is 0 Å². The number of ketones is 1. The molecule has 0 unspecified atom stereocenters. The van der Waals surface area contributed by atoms with Crippen LogP contribution in [0.25, 0.3) is 89.0 Å². The number of hydrogen-bond acceptors (Lipinski definition) is 1.